The maximum Gasteiger partial charge on any atom is 0.327 e. The molecule has 19 heavy (non-hydrogen) atoms. The van der Waals surface area contributed by atoms with Gasteiger partial charge in [-0.3, -0.25) is 0 Å². The fourth-order valence-electron chi connectivity index (χ4n) is 1.75. The Labute approximate surface area is 116 Å². The number of nitrogens with one attached hydrogen (secondary N) is 1. The standard InChI is InChI=1S/C14H16N2O2S/c1-9(14(17)18-3)15-12-6-4-5-11(7-12)13-8-19-10(2)16-13/h4-9,15H,1-3H3. The highest BCUT2D eigenvalue weighted by Crippen LogP contribution is 2.24. The van der Waals surface area contributed by atoms with E-state index in [4.69, 9.17) is 4.74 Å². The van der Waals surface area contributed by atoms with Crippen LogP contribution in [0.25, 0.3) is 11.3 Å². The van der Waals surface area contributed by atoms with Gasteiger partial charge in [-0.25, -0.2) is 9.78 Å². The lowest BCUT2D eigenvalue weighted by molar-refractivity contribution is -0.141. The zero-order valence-electron chi connectivity index (χ0n) is 11.1. The molecule has 1 heterocycles. The van der Waals surface area contributed by atoms with Crippen molar-refractivity contribution in [3.8, 4) is 11.3 Å². The second-order valence-corrected chi connectivity index (χ2v) is 5.28. The number of aryl methyl sites for hydroxylation is 1. The van der Waals surface area contributed by atoms with Gasteiger partial charge in [-0.15, -0.1) is 11.3 Å². The number of carbonyl (C=O) groups is 1. The maximum atomic E-state index is 11.4. The van der Waals surface area contributed by atoms with Crippen molar-refractivity contribution in [1.29, 1.82) is 0 Å². The molecule has 4 nitrogen and oxygen atoms in total. The van der Waals surface area contributed by atoms with Crippen LogP contribution in [0.4, 0.5) is 5.69 Å². The summed E-state index contributed by atoms with van der Waals surface area (Å²) in [6.45, 7) is 3.75. The van der Waals surface area contributed by atoms with Crippen molar-refractivity contribution in [2.24, 2.45) is 0 Å². The molecule has 0 aliphatic rings. The average molecular weight is 276 g/mol. The van der Waals surface area contributed by atoms with Crippen molar-refractivity contribution >= 4 is 23.0 Å². The second-order valence-electron chi connectivity index (χ2n) is 4.22. The van der Waals surface area contributed by atoms with Gasteiger partial charge < -0.3 is 10.1 Å². The monoisotopic (exact) mass is 276 g/mol. The van der Waals surface area contributed by atoms with E-state index in [9.17, 15) is 4.79 Å². The number of esters is 1. The summed E-state index contributed by atoms with van der Waals surface area (Å²) >= 11 is 1.62. The topological polar surface area (TPSA) is 51.2 Å². The van der Waals surface area contributed by atoms with E-state index in [1.165, 1.54) is 7.11 Å². The first-order valence-electron chi connectivity index (χ1n) is 5.97. The van der Waals surface area contributed by atoms with Crippen LogP contribution in [0.2, 0.25) is 0 Å². The summed E-state index contributed by atoms with van der Waals surface area (Å²) in [6.07, 6.45) is 0. The molecule has 1 aromatic carbocycles. The molecule has 2 rings (SSSR count). The van der Waals surface area contributed by atoms with Gasteiger partial charge in [0.15, 0.2) is 0 Å². The average Bonchev–Trinajstić information content (AvgIpc) is 2.84. The molecule has 0 amide bonds. The number of anilines is 1. The van der Waals surface area contributed by atoms with Crippen LogP contribution in [-0.4, -0.2) is 24.1 Å². The number of aromatic nitrogens is 1. The quantitative estimate of drug-likeness (QED) is 0.872. The summed E-state index contributed by atoms with van der Waals surface area (Å²) in [5, 5.41) is 6.17. The highest BCUT2D eigenvalue weighted by molar-refractivity contribution is 7.09. The van der Waals surface area contributed by atoms with Gasteiger partial charge in [0.1, 0.15) is 6.04 Å². The molecule has 100 valence electrons. The molecule has 0 saturated carbocycles. The molecule has 0 radical (unpaired) electrons. The van der Waals surface area contributed by atoms with Crippen LogP contribution < -0.4 is 5.32 Å². The number of rotatable bonds is 4. The van der Waals surface area contributed by atoms with Crippen molar-refractivity contribution in [2.45, 2.75) is 19.9 Å². The lowest BCUT2D eigenvalue weighted by Crippen LogP contribution is -2.27. The third-order valence-corrected chi connectivity index (χ3v) is 3.49. The molecule has 1 aromatic heterocycles. The zero-order valence-corrected chi connectivity index (χ0v) is 12.0. The Bertz CT molecular complexity index is 580. The molecule has 0 aliphatic carbocycles. The minimum absolute atomic E-state index is 0.282. The molecule has 0 aliphatic heterocycles. The number of ether oxygens (including phenoxy) is 1. The summed E-state index contributed by atoms with van der Waals surface area (Å²) in [6, 6.07) is 7.46. The minimum Gasteiger partial charge on any atom is -0.467 e. The first-order valence-corrected chi connectivity index (χ1v) is 6.85. The Kier molecular flexibility index (Phi) is 4.16. The van der Waals surface area contributed by atoms with Crippen LogP contribution in [0.15, 0.2) is 29.6 Å². The fraction of sp³-hybridized carbons (Fsp3) is 0.286. The van der Waals surface area contributed by atoms with E-state index < -0.39 is 0 Å². The SMILES string of the molecule is COC(=O)C(C)Nc1cccc(-c2csc(C)n2)c1. The number of hydrogen-bond acceptors (Lipinski definition) is 5. The van der Waals surface area contributed by atoms with Gasteiger partial charge in [-0.2, -0.15) is 0 Å². The third-order valence-electron chi connectivity index (χ3n) is 2.72. The molecule has 1 unspecified atom stereocenters. The van der Waals surface area contributed by atoms with E-state index >= 15 is 0 Å². The van der Waals surface area contributed by atoms with Crippen LogP contribution in [0.1, 0.15) is 11.9 Å². The maximum absolute atomic E-state index is 11.4. The zero-order chi connectivity index (χ0) is 13.8. The Hall–Kier alpha value is -1.88. The molecule has 0 bridgehead atoms. The molecule has 0 saturated heterocycles. The van der Waals surface area contributed by atoms with Gasteiger partial charge in [-0.05, 0) is 26.0 Å². The third kappa shape index (κ3) is 3.32. The van der Waals surface area contributed by atoms with Gasteiger partial charge in [0.05, 0.1) is 17.8 Å². The highest BCUT2D eigenvalue weighted by atomic mass is 32.1. The predicted octanol–water partition coefficient (Wildman–Crippen LogP) is 3.09. The minimum atomic E-state index is -0.377. The van der Waals surface area contributed by atoms with Crippen LogP contribution in [0.5, 0.6) is 0 Å². The van der Waals surface area contributed by atoms with Crippen molar-refractivity contribution in [2.75, 3.05) is 12.4 Å². The van der Waals surface area contributed by atoms with Crippen LogP contribution in [0, 0.1) is 6.92 Å². The Morgan fingerprint density at radius 2 is 2.26 bits per heavy atom. The molecular weight excluding hydrogens is 260 g/mol. The van der Waals surface area contributed by atoms with Crippen LogP contribution in [0.3, 0.4) is 0 Å². The van der Waals surface area contributed by atoms with Gasteiger partial charge in [-0.1, -0.05) is 12.1 Å². The smallest absolute Gasteiger partial charge is 0.327 e. The molecule has 0 spiro atoms. The molecule has 5 heteroatoms. The van der Waals surface area contributed by atoms with Crippen LogP contribution in [-0.2, 0) is 9.53 Å². The Morgan fingerprint density at radius 1 is 1.47 bits per heavy atom. The first-order chi connectivity index (χ1) is 9.10. The highest BCUT2D eigenvalue weighted by Gasteiger charge is 2.12. The Balaban J connectivity index is 2.18. The summed E-state index contributed by atoms with van der Waals surface area (Å²) < 4.78 is 4.69. The molecule has 1 N–H and O–H groups in total. The first kappa shape index (κ1) is 13.5. The van der Waals surface area contributed by atoms with Crippen LogP contribution >= 0.6 is 11.3 Å². The second kappa shape index (κ2) is 5.84. The molecular formula is C14H16N2O2S. The van der Waals surface area contributed by atoms with Gasteiger partial charge in [0.2, 0.25) is 0 Å². The van der Waals surface area contributed by atoms with E-state index in [1.54, 1.807) is 18.3 Å². The molecule has 0 fully saturated rings. The number of thiazole rings is 1. The lowest BCUT2D eigenvalue weighted by Gasteiger charge is -2.13. The summed E-state index contributed by atoms with van der Waals surface area (Å²) in [7, 11) is 1.38. The van der Waals surface area contributed by atoms with E-state index in [1.807, 2.05) is 36.6 Å². The van der Waals surface area contributed by atoms with Crippen molar-refractivity contribution < 1.29 is 9.53 Å². The lowest BCUT2D eigenvalue weighted by atomic mass is 10.1. The Morgan fingerprint density at radius 3 is 2.89 bits per heavy atom. The van der Waals surface area contributed by atoms with E-state index in [0.717, 1.165) is 22.0 Å². The van der Waals surface area contributed by atoms with Gasteiger partial charge in [0.25, 0.3) is 0 Å². The fourth-order valence-corrected chi connectivity index (χ4v) is 2.37. The number of nitrogens with zero attached hydrogens (tertiary/aromatic N) is 1. The summed E-state index contributed by atoms with van der Waals surface area (Å²) in [5.41, 5.74) is 2.87. The van der Waals surface area contributed by atoms with E-state index in [-0.39, 0.29) is 12.0 Å². The largest absolute Gasteiger partial charge is 0.467 e. The number of methoxy groups -OCH3 is 1. The number of benzene rings is 1. The summed E-state index contributed by atoms with van der Waals surface area (Å²) in [4.78, 5) is 15.8. The summed E-state index contributed by atoms with van der Waals surface area (Å²) in [5.74, 6) is -0.282. The number of carbonyl (C=O) groups excluding carboxylic acids is 1. The van der Waals surface area contributed by atoms with Gasteiger partial charge in [0, 0.05) is 16.6 Å². The van der Waals surface area contributed by atoms with E-state index in [2.05, 4.69) is 10.3 Å². The normalized spacial score (nSPS) is 11.9. The van der Waals surface area contributed by atoms with E-state index in [0.29, 0.717) is 0 Å². The predicted molar refractivity (Wildman–Crippen MR) is 77.4 cm³/mol. The number of hydrogen-bond donors (Lipinski definition) is 1. The van der Waals surface area contributed by atoms with Gasteiger partial charge >= 0.3 is 5.97 Å². The molecule has 2 aromatic rings. The van der Waals surface area contributed by atoms with Crippen molar-refractivity contribution in [1.82, 2.24) is 4.98 Å². The molecule has 1 atom stereocenters. The van der Waals surface area contributed by atoms with Crippen molar-refractivity contribution in [3.63, 3.8) is 0 Å². The van der Waals surface area contributed by atoms with Crippen molar-refractivity contribution in [3.05, 3.63) is 34.7 Å².